The third kappa shape index (κ3) is 7.13. The summed E-state index contributed by atoms with van der Waals surface area (Å²) >= 11 is 0. The largest absolute Gasteiger partial charge is 0.479 e. The number of carbonyl (C=O) groups excluding carboxylic acids is 2. The normalized spacial score (nSPS) is 20.5. The van der Waals surface area contributed by atoms with Crippen LogP contribution in [0.2, 0.25) is 0 Å². The van der Waals surface area contributed by atoms with E-state index in [0.29, 0.717) is 18.4 Å². The lowest BCUT2D eigenvalue weighted by atomic mass is 9.79. The lowest BCUT2D eigenvalue weighted by Gasteiger charge is -2.43. The fourth-order valence-corrected chi connectivity index (χ4v) is 7.17. The van der Waals surface area contributed by atoms with Crippen molar-refractivity contribution >= 4 is 47.2 Å². The Morgan fingerprint density at radius 3 is 2.33 bits per heavy atom. The van der Waals surface area contributed by atoms with E-state index in [9.17, 15) is 19.5 Å². The van der Waals surface area contributed by atoms with Gasteiger partial charge in [0.05, 0.1) is 6.20 Å². The average molecular weight is 633 g/mol. The number of hydrogen-bond donors (Lipinski definition) is 3. The van der Waals surface area contributed by atoms with Gasteiger partial charge in [0.25, 0.3) is 0 Å². The number of carbonyl (C=O) groups is 3. The van der Waals surface area contributed by atoms with Gasteiger partial charge in [-0.3, -0.25) is 4.79 Å². The van der Waals surface area contributed by atoms with Crippen LogP contribution in [0.4, 0.5) is 27.9 Å². The van der Waals surface area contributed by atoms with E-state index in [-0.39, 0.29) is 24.3 Å². The first kappa shape index (κ1) is 33.2. The summed E-state index contributed by atoms with van der Waals surface area (Å²) in [5, 5.41) is 16.4. The van der Waals surface area contributed by atoms with E-state index in [2.05, 4.69) is 20.5 Å². The number of amides is 2. The molecule has 0 unspecified atom stereocenters. The van der Waals surface area contributed by atoms with Gasteiger partial charge in [-0.05, 0) is 82.9 Å². The maximum Gasteiger partial charge on any atom is 0.408 e. The summed E-state index contributed by atoms with van der Waals surface area (Å²) in [6.07, 6.45) is 13.3. The molecule has 11 nitrogen and oxygen atoms in total. The Labute approximate surface area is 271 Å². The number of ether oxygens (including phenoxy) is 1. The van der Waals surface area contributed by atoms with Crippen LogP contribution < -0.4 is 20.4 Å². The molecule has 5 rings (SSSR count). The number of benzene rings is 1. The molecule has 1 aromatic heterocycles. The SMILES string of the molecule is CC[C@@H]1C(=O)N(C)c2cnc(Nc3ccc(C=CC[C@@](NC(=O)OC(C)(C)C)(C(=O)O)C4CCCC4)cc3)nc2N1C1CCCC1. The molecule has 2 heterocycles. The van der Waals surface area contributed by atoms with E-state index >= 15 is 0 Å². The Hall–Kier alpha value is -4.15. The number of anilines is 4. The second-order valence-corrected chi connectivity index (χ2v) is 13.8. The Balaban J connectivity index is 1.31. The molecule has 1 aromatic carbocycles. The van der Waals surface area contributed by atoms with Crippen molar-refractivity contribution in [1.82, 2.24) is 15.3 Å². The van der Waals surface area contributed by atoms with E-state index in [0.717, 1.165) is 74.1 Å². The number of fused-ring (bicyclic) bond motifs is 1. The van der Waals surface area contributed by atoms with Crippen molar-refractivity contribution in [3.8, 4) is 0 Å². The molecule has 2 aliphatic carbocycles. The molecule has 1 aliphatic heterocycles. The Morgan fingerprint density at radius 2 is 1.72 bits per heavy atom. The molecule has 2 aromatic rings. The van der Waals surface area contributed by atoms with E-state index < -0.39 is 23.2 Å². The summed E-state index contributed by atoms with van der Waals surface area (Å²) in [5.74, 6) is 0.104. The van der Waals surface area contributed by atoms with Crippen LogP contribution in [-0.2, 0) is 14.3 Å². The van der Waals surface area contributed by atoms with Crippen molar-refractivity contribution in [3.05, 3.63) is 42.1 Å². The van der Waals surface area contributed by atoms with Crippen molar-refractivity contribution in [2.24, 2.45) is 5.92 Å². The van der Waals surface area contributed by atoms with Crippen LogP contribution in [-0.4, -0.2) is 63.3 Å². The summed E-state index contributed by atoms with van der Waals surface area (Å²) in [6, 6.07) is 7.76. The quantitative estimate of drug-likeness (QED) is 0.262. The first-order chi connectivity index (χ1) is 21.9. The first-order valence-electron chi connectivity index (χ1n) is 16.6. The maximum absolute atomic E-state index is 13.2. The van der Waals surface area contributed by atoms with Crippen LogP contribution in [0, 0.1) is 5.92 Å². The van der Waals surface area contributed by atoms with E-state index in [1.54, 1.807) is 38.9 Å². The number of aliphatic carboxylic acids is 1. The van der Waals surface area contributed by atoms with E-state index in [1.165, 1.54) is 0 Å². The van der Waals surface area contributed by atoms with Gasteiger partial charge in [-0.2, -0.15) is 4.98 Å². The van der Waals surface area contributed by atoms with Gasteiger partial charge >= 0.3 is 12.1 Å². The van der Waals surface area contributed by atoms with Crippen LogP contribution in [0.5, 0.6) is 0 Å². The first-order valence-corrected chi connectivity index (χ1v) is 16.6. The maximum atomic E-state index is 13.2. The van der Waals surface area contributed by atoms with Gasteiger partial charge < -0.3 is 30.3 Å². The molecule has 11 heteroatoms. The summed E-state index contributed by atoms with van der Waals surface area (Å²) in [6.45, 7) is 7.32. The van der Waals surface area contributed by atoms with Crippen molar-refractivity contribution < 1.29 is 24.2 Å². The number of aromatic nitrogens is 2. The molecule has 2 fully saturated rings. The van der Waals surface area contributed by atoms with Gasteiger partial charge in [-0.25, -0.2) is 14.6 Å². The molecule has 46 heavy (non-hydrogen) atoms. The van der Waals surface area contributed by atoms with Crippen LogP contribution in [0.25, 0.3) is 6.08 Å². The van der Waals surface area contributed by atoms with Crippen molar-refractivity contribution in [1.29, 1.82) is 0 Å². The minimum Gasteiger partial charge on any atom is -0.479 e. The zero-order chi connectivity index (χ0) is 33.1. The van der Waals surface area contributed by atoms with Gasteiger partial charge in [0.2, 0.25) is 11.9 Å². The highest BCUT2D eigenvalue weighted by atomic mass is 16.6. The zero-order valence-corrected chi connectivity index (χ0v) is 27.7. The van der Waals surface area contributed by atoms with E-state index in [1.807, 2.05) is 43.3 Å². The fourth-order valence-electron chi connectivity index (χ4n) is 7.17. The number of rotatable bonds is 10. The standard InChI is InChI=1S/C35H48N6O5/c1-6-27-30(42)40(5)28-22-36-32(38-29(28)41(27)26-15-9-10-16-26)37-25-19-17-23(18-20-25)12-11-21-35(31(43)44,24-13-7-8-14-24)39-33(45)46-34(2,3)4/h11-12,17-20,22,24,26-27H,6-10,13-16,21H2,1-5H3,(H,39,45)(H,43,44)(H,36,37,38)/t27-,35+/m1/s1. The van der Waals surface area contributed by atoms with Gasteiger partial charge in [-0.1, -0.05) is 56.9 Å². The van der Waals surface area contributed by atoms with Crippen molar-refractivity contribution in [3.63, 3.8) is 0 Å². The van der Waals surface area contributed by atoms with E-state index in [4.69, 9.17) is 9.72 Å². The number of hydrogen-bond acceptors (Lipinski definition) is 8. The van der Waals surface area contributed by atoms with Crippen LogP contribution in [0.3, 0.4) is 0 Å². The lowest BCUT2D eigenvalue weighted by Crippen LogP contribution is -2.59. The van der Waals surface area contributed by atoms with Crippen molar-refractivity contribution in [2.45, 2.75) is 115 Å². The van der Waals surface area contributed by atoms with Crippen LogP contribution in [0.1, 0.15) is 97.5 Å². The molecule has 2 saturated carbocycles. The van der Waals surface area contributed by atoms with Gasteiger partial charge in [0, 0.05) is 18.8 Å². The molecule has 2 atom stereocenters. The molecule has 248 valence electrons. The molecule has 3 aliphatic rings. The number of carboxylic acids is 1. The fraction of sp³-hybridized carbons (Fsp3) is 0.571. The summed E-state index contributed by atoms with van der Waals surface area (Å²) in [4.78, 5) is 51.9. The Kier molecular flexibility index (Phi) is 9.88. The predicted octanol–water partition coefficient (Wildman–Crippen LogP) is 6.67. The zero-order valence-electron chi connectivity index (χ0n) is 27.7. The molecule has 2 amide bonds. The molecule has 0 radical (unpaired) electrons. The molecule has 3 N–H and O–H groups in total. The molecular weight excluding hydrogens is 584 g/mol. The third-order valence-electron chi connectivity index (χ3n) is 9.49. The summed E-state index contributed by atoms with van der Waals surface area (Å²) < 4.78 is 5.44. The number of carboxylic acid groups (broad SMARTS) is 1. The minimum absolute atomic E-state index is 0.0827. The van der Waals surface area contributed by atoms with Gasteiger partial charge in [0.15, 0.2) is 5.82 Å². The second-order valence-electron chi connectivity index (χ2n) is 13.8. The summed E-state index contributed by atoms with van der Waals surface area (Å²) in [7, 11) is 1.79. The van der Waals surface area contributed by atoms with Crippen molar-refractivity contribution in [2.75, 3.05) is 22.2 Å². The Bertz CT molecular complexity index is 1440. The highest BCUT2D eigenvalue weighted by Gasteiger charge is 2.48. The van der Waals surface area contributed by atoms with Crippen LogP contribution >= 0.6 is 0 Å². The monoisotopic (exact) mass is 632 g/mol. The molecule has 0 bridgehead atoms. The highest BCUT2D eigenvalue weighted by molar-refractivity contribution is 6.04. The highest BCUT2D eigenvalue weighted by Crippen LogP contribution is 2.40. The average Bonchev–Trinajstić information content (AvgIpc) is 3.74. The number of alkyl carbamates (subject to hydrolysis) is 1. The topological polar surface area (TPSA) is 137 Å². The number of nitrogens with zero attached hydrogens (tertiary/aromatic N) is 4. The number of likely N-dealkylation sites (N-methyl/N-ethyl adjacent to an activating group) is 1. The third-order valence-corrected chi connectivity index (χ3v) is 9.49. The Morgan fingerprint density at radius 1 is 1.07 bits per heavy atom. The van der Waals surface area contributed by atoms with Gasteiger partial charge in [0.1, 0.15) is 22.9 Å². The summed E-state index contributed by atoms with van der Waals surface area (Å²) in [5.41, 5.74) is 0.238. The molecular formula is C35H48N6O5. The predicted molar refractivity (Wildman–Crippen MR) is 179 cm³/mol. The second kappa shape index (κ2) is 13.7. The molecule has 0 spiro atoms. The number of nitrogens with one attached hydrogen (secondary N) is 2. The van der Waals surface area contributed by atoms with Crippen LogP contribution in [0.15, 0.2) is 36.5 Å². The van der Waals surface area contributed by atoms with Gasteiger partial charge in [-0.15, -0.1) is 0 Å². The lowest BCUT2D eigenvalue weighted by molar-refractivity contribution is -0.147. The smallest absolute Gasteiger partial charge is 0.408 e. The minimum atomic E-state index is -1.44. The molecule has 0 saturated heterocycles.